The number of nitrogens with one attached hydrogen (secondary N) is 1. The minimum absolute atomic E-state index is 0.0509. The quantitative estimate of drug-likeness (QED) is 0.166. The zero-order valence-electron chi connectivity index (χ0n) is 27.2. The van der Waals surface area contributed by atoms with Crippen LogP contribution in [0.4, 0.5) is 5.69 Å². The van der Waals surface area contributed by atoms with Gasteiger partial charge < -0.3 is 30.5 Å². The summed E-state index contributed by atoms with van der Waals surface area (Å²) in [7, 11) is 0. The fourth-order valence-electron chi connectivity index (χ4n) is 9.51. The van der Waals surface area contributed by atoms with E-state index in [1.807, 2.05) is 31.2 Å². The first-order chi connectivity index (χ1) is 22.7. The molecule has 48 heavy (non-hydrogen) atoms. The Bertz CT molecular complexity index is 1800. The van der Waals surface area contributed by atoms with E-state index in [0.29, 0.717) is 23.7 Å². The molecule has 4 aliphatic carbocycles. The van der Waals surface area contributed by atoms with Crippen LogP contribution < -0.4 is 5.32 Å². The van der Waals surface area contributed by atoms with Crippen molar-refractivity contribution in [3.63, 3.8) is 0 Å². The van der Waals surface area contributed by atoms with Crippen molar-refractivity contribution < 1.29 is 39.5 Å². The first-order valence-electron chi connectivity index (χ1n) is 16.8. The van der Waals surface area contributed by atoms with Gasteiger partial charge >= 0.3 is 5.97 Å². The van der Waals surface area contributed by atoms with Crippen LogP contribution in [0.1, 0.15) is 94.0 Å². The summed E-state index contributed by atoms with van der Waals surface area (Å²) in [5.41, 5.74) is -2.44. The predicted octanol–water partition coefficient (Wildman–Crippen LogP) is 6.40. The summed E-state index contributed by atoms with van der Waals surface area (Å²) in [5, 5.41) is 43.4. The van der Waals surface area contributed by atoms with Crippen molar-refractivity contribution in [2.24, 2.45) is 22.7 Å². The lowest BCUT2D eigenvalue weighted by Gasteiger charge is -2.56. The van der Waals surface area contributed by atoms with Crippen LogP contribution in [0, 0.1) is 34.5 Å². The molecule has 2 saturated heterocycles. The minimum Gasteiger partial charge on any atom is -0.506 e. The molecule has 6 aliphatic rings. The average molecular weight is 672 g/mol. The molecule has 9 nitrogen and oxygen atoms in total. The Balaban J connectivity index is 1.16. The SMILES string of the molecule is C[C@]12C[C@@]34C=C(Sc5cccc(C#CC6(O)CCCCC6)c5)C(=O)[C@@](C)(CCC(=O)Nc5c(O)ccc(C(=O)O)c5O)[C@@H]3[C@H](C[C@@H]1C4)O2. The van der Waals surface area contributed by atoms with Gasteiger partial charge in [-0.3, -0.25) is 9.59 Å². The van der Waals surface area contributed by atoms with Crippen molar-refractivity contribution in [2.45, 2.75) is 100 Å². The number of ketones is 1. The van der Waals surface area contributed by atoms with E-state index >= 15 is 0 Å². The smallest absolute Gasteiger partial charge is 0.339 e. The molecule has 10 heteroatoms. The number of Topliss-reactive ketones (excluding diaryl/α,β-unsaturated/α-hetero) is 1. The highest BCUT2D eigenvalue weighted by Gasteiger charge is 2.72. The highest BCUT2D eigenvalue weighted by atomic mass is 32.2. The standard InChI is InChI=1S/C38H41NO8S/c1-35(15-12-29(41)39-30-26(40)10-9-25(31(30)42)34(44)45)32-27-18-23-19-37(32,21-36(23,2)47-27)20-28(33(35)43)48-24-8-6-7-22(17-24)11-16-38(46)13-4-3-5-14-38/h6-10,17,20,23,27,32,40,42,46H,3-5,12-15,18-19,21H2,1-2H3,(H,39,41)(H,44,45)/t23-,27+,32+,35+,36+,37-/m1/s1. The zero-order chi connectivity index (χ0) is 34.1. The number of hydrogen-bond acceptors (Lipinski definition) is 8. The maximum absolute atomic E-state index is 14.6. The van der Waals surface area contributed by atoms with Gasteiger partial charge in [0.25, 0.3) is 0 Å². The lowest BCUT2D eigenvalue weighted by molar-refractivity contribution is -0.169. The van der Waals surface area contributed by atoms with Crippen molar-refractivity contribution in [2.75, 3.05) is 5.32 Å². The number of carbonyl (C=O) groups excluding carboxylic acids is 2. The van der Waals surface area contributed by atoms with Gasteiger partial charge in [-0.2, -0.15) is 0 Å². The van der Waals surface area contributed by atoms with E-state index in [-0.39, 0.29) is 47.4 Å². The van der Waals surface area contributed by atoms with Crippen molar-refractivity contribution in [3.05, 3.63) is 58.5 Å². The monoisotopic (exact) mass is 671 g/mol. The fourth-order valence-corrected chi connectivity index (χ4v) is 10.7. The molecular formula is C38H41NO8S. The van der Waals surface area contributed by atoms with E-state index in [2.05, 4.69) is 30.2 Å². The number of aliphatic hydroxyl groups is 1. The Hall–Kier alpha value is -3.78. The number of aromatic hydroxyl groups is 2. The number of aromatic carboxylic acids is 1. The Morgan fingerprint density at radius 3 is 2.60 bits per heavy atom. The van der Waals surface area contributed by atoms with Crippen LogP contribution in [0.15, 0.2) is 52.3 Å². The molecule has 2 heterocycles. The van der Waals surface area contributed by atoms with Crippen LogP contribution in [-0.4, -0.2) is 55.4 Å². The maximum atomic E-state index is 14.6. The molecule has 0 aromatic heterocycles. The molecule has 1 spiro atoms. The normalized spacial score (nSPS) is 32.6. The van der Waals surface area contributed by atoms with E-state index in [4.69, 9.17) is 4.74 Å². The van der Waals surface area contributed by atoms with Gasteiger partial charge in [0, 0.05) is 28.2 Å². The second kappa shape index (κ2) is 11.7. The molecule has 6 atom stereocenters. The molecule has 8 rings (SSSR count). The molecule has 3 saturated carbocycles. The van der Waals surface area contributed by atoms with Gasteiger partial charge in [-0.05, 0) is 100.0 Å². The highest BCUT2D eigenvalue weighted by molar-refractivity contribution is 8.04. The topological polar surface area (TPSA) is 153 Å². The van der Waals surface area contributed by atoms with E-state index in [1.54, 1.807) is 0 Å². The number of rotatable bonds is 7. The molecule has 0 unspecified atom stereocenters. The Labute approximate surface area is 284 Å². The number of benzene rings is 2. The van der Waals surface area contributed by atoms with Crippen LogP contribution in [0.3, 0.4) is 0 Å². The van der Waals surface area contributed by atoms with Crippen LogP contribution in [0.5, 0.6) is 11.5 Å². The summed E-state index contributed by atoms with van der Waals surface area (Å²) >= 11 is 1.42. The van der Waals surface area contributed by atoms with E-state index in [0.717, 1.165) is 61.1 Å². The Morgan fingerprint density at radius 1 is 1.10 bits per heavy atom. The van der Waals surface area contributed by atoms with Crippen LogP contribution in [-0.2, 0) is 14.3 Å². The lowest BCUT2D eigenvalue weighted by atomic mass is 9.51. The summed E-state index contributed by atoms with van der Waals surface area (Å²) in [4.78, 5) is 40.9. The van der Waals surface area contributed by atoms with Gasteiger partial charge in [0.05, 0.1) is 16.6 Å². The number of ether oxygens (including phenoxy) is 1. The van der Waals surface area contributed by atoms with Gasteiger partial charge in [0.2, 0.25) is 5.91 Å². The largest absolute Gasteiger partial charge is 0.506 e. The van der Waals surface area contributed by atoms with Gasteiger partial charge in [-0.15, -0.1) is 0 Å². The minimum atomic E-state index is -1.40. The van der Waals surface area contributed by atoms with E-state index < -0.39 is 40.0 Å². The molecule has 0 radical (unpaired) electrons. The summed E-state index contributed by atoms with van der Waals surface area (Å²) in [6.07, 6.45) is 9.20. The molecule has 252 valence electrons. The molecule has 1 amide bonds. The third kappa shape index (κ3) is 5.50. The highest BCUT2D eigenvalue weighted by Crippen LogP contribution is 2.72. The molecule has 2 aromatic carbocycles. The number of thioether (sulfide) groups is 1. The van der Waals surface area contributed by atoms with Crippen molar-refractivity contribution in [1.82, 2.24) is 0 Å². The maximum Gasteiger partial charge on any atom is 0.339 e. The fraction of sp³-hybridized carbons (Fsp3) is 0.500. The number of hydrogen-bond donors (Lipinski definition) is 5. The van der Waals surface area contributed by atoms with Crippen LogP contribution >= 0.6 is 11.8 Å². The number of amides is 1. The van der Waals surface area contributed by atoms with Crippen molar-refractivity contribution in [3.8, 4) is 23.3 Å². The van der Waals surface area contributed by atoms with Gasteiger partial charge in [0.15, 0.2) is 11.5 Å². The van der Waals surface area contributed by atoms with Gasteiger partial charge in [-0.1, -0.05) is 49.1 Å². The number of phenols is 2. The summed E-state index contributed by atoms with van der Waals surface area (Å²) < 4.78 is 6.62. The third-order valence-electron chi connectivity index (χ3n) is 11.7. The molecule has 2 aliphatic heterocycles. The summed E-state index contributed by atoms with van der Waals surface area (Å²) in [5.74, 6) is 3.36. The second-order valence-electron chi connectivity index (χ2n) is 14.9. The number of carboxylic acid groups (broad SMARTS) is 1. The Kier molecular flexibility index (Phi) is 7.97. The number of carbonyl (C=O) groups is 3. The van der Waals surface area contributed by atoms with Crippen LogP contribution in [0.25, 0.3) is 0 Å². The first kappa shape index (κ1) is 32.8. The average Bonchev–Trinajstić information content (AvgIpc) is 3.40. The molecule has 5 N–H and O–H groups in total. The summed E-state index contributed by atoms with van der Waals surface area (Å²) in [6, 6.07) is 9.89. The van der Waals surface area contributed by atoms with Gasteiger partial charge in [0.1, 0.15) is 22.6 Å². The van der Waals surface area contributed by atoms with Crippen molar-refractivity contribution in [1.29, 1.82) is 0 Å². The molecule has 4 bridgehead atoms. The van der Waals surface area contributed by atoms with Crippen LogP contribution in [0.2, 0.25) is 0 Å². The number of allylic oxidation sites excluding steroid dienone is 2. The number of carboxylic acids is 1. The summed E-state index contributed by atoms with van der Waals surface area (Å²) in [6.45, 7) is 4.12. The molecule has 2 aromatic rings. The van der Waals surface area contributed by atoms with Crippen molar-refractivity contribution >= 4 is 35.1 Å². The van der Waals surface area contributed by atoms with E-state index in [1.165, 1.54) is 11.8 Å². The lowest BCUT2D eigenvalue weighted by Crippen LogP contribution is -2.57. The molecular weight excluding hydrogens is 630 g/mol. The molecule has 5 fully saturated rings. The van der Waals surface area contributed by atoms with E-state index in [9.17, 15) is 34.8 Å². The zero-order valence-corrected chi connectivity index (χ0v) is 28.0. The Morgan fingerprint density at radius 2 is 1.88 bits per heavy atom. The second-order valence-corrected chi connectivity index (χ2v) is 16.0. The number of phenolic OH excluding ortho intramolecular Hbond substituents is 1. The van der Waals surface area contributed by atoms with Gasteiger partial charge in [-0.25, -0.2) is 4.79 Å². The first-order valence-corrected chi connectivity index (χ1v) is 17.6. The predicted molar refractivity (Wildman–Crippen MR) is 180 cm³/mol. The third-order valence-corrected chi connectivity index (χ3v) is 12.7. The number of anilines is 1.